The Hall–Kier alpha value is -1.19. The molecular weight excluding hydrogens is 205 g/mol. The van der Waals surface area contributed by atoms with E-state index in [0.717, 1.165) is 11.3 Å². The van der Waals surface area contributed by atoms with Crippen molar-refractivity contribution in [1.82, 2.24) is 0 Å². The van der Waals surface area contributed by atoms with Crippen molar-refractivity contribution in [3.05, 3.63) is 29.8 Å². The maximum absolute atomic E-state index is 11.9. The molecule has 0 atom stereocenters. The van der Waals surface area contributed by atoms with Crippen LogP contribution in [0.2, 0.25) is 0 Å². The van der Waals surface area contributed by atoms with Gasteiger partial charge in [0.25, 0.3) is 0 Å². The molecule has 0 unspecified atom stereocenters. The predicted molar refractivity (Wildman–Crippen MR) is 52.0 cm³/mol. The number of ether oxygens (including phenoxy) is 1. The molecule has 0 spiro atoms. The first-order valence-electron chi connectivity index (χ1n) is 4.71. The van der Waals surface area contributed by atoms with Crippen LogP contribution < -0.4 is 4.74 Å². The molecule has 0 saturated carbocycles. The second kappa shape index (κ2) is 5.05. The third-order valence-corrected chi connectivity index (χ3v) is 2.08. The van der Waals surface area contributed by atoms with Crippen molar-refractivity contribution in [3.63, 3.8) is 0 Å². The van der Waals surface area contributed by atoms with Crippen molar-refractivity contribution in [2.75, 3.05) is 7.11 Å². The minimum absolute atomic E-state index is 0.135. The molecule has 15 heavy (non-hydrogen) atoms. The van der Waals surface area contributed by atoms with Crippen molar-refractivity contribution in [1.29, 1.82) is 0 Å². The van der Waals surface area contributed by atoms with E-state index in [1.54, 1.807) is 31.4 Å². The van der Waals surface area contributed by atoms with Gasteiger partial charge >= 0.3 is 6.18 Å². The molecule has 0 saturated heterocycles. The van der Waals surface area contributed by atoms with Gasteiger partial charge in [0.1, 0.15) is 5.75 Å². The Morgan fingerprint density at radius 3 is 2.20 bits per heavy atom. The highest BCUT2D eigenvalue weighted by molar-refractivity contribution is 5.27. The number of aryl methyl sites for hydroxylation is 1. The average molecular weight is 218 g/mol. The Bertz CT molecular complexity index is 290. The first-order valence-corrected chi connectivity index (χ1v) is 4.71. The molecule has 0 aromatic heterocycles. The van der Waals surface area contributed by atoms with Crippen molar-refractivity contribution in [2.24, 2.45) is 0 Å². The summed E-state index contributed by atoms with van der Waals surface area (Å²) >= 11 is 0. The maximum atomic E-state index is 11.9. The second-order valence-corrected chi connectivity index (χ2v) is 3.32. The topological polar surface area (TPSA) is 9.23 Å². The van der Waals surface area contributed by atoms with E-state index in [2.05, 4.69) is 0 Å². The summed E-state index contributed by atoms with van der Waals surface area (Å²) in [4.78, 5) is 0. The Morgan fingerprint density at radius 2 is 1.73 bits per heavy atom. The number of alkyl halides is 3. The van der Waals surface area contributed by atoms with Crippen LogP contribution in [0.25, 0.3) is 0 Å². The maximum Gasteiger partial charge on any atom is 0.389 e. The number of halogens is 3. The first-order chi connectivity index (χ1) is 7.01. The van der Waals surface area contributed by atoms with Gasteiger partial charge in [-0.2, -0.15) is 13.2 Å². The quantitative estimate of drug-likeness (QED) is 0.750. The zero-order chi connectivity index (χ0) is 11.3. The smallest absolute Gasteiger partial charge is 0.389 e. The molecule has 0 aliphatic carbocycles. The van der Waals surface area contributed by atoms with Crippen LogP contribution in [-0.4, -0.2) is 13.3 Å². The molecule has 0 aliphatic heterocycles. The molecule has 0 fully saturated rings. The van der Waals surface area contributed by atoms with E-state index in [1.807, 2.05) is 0 Å². The molecule has 0 bridgehead atoms. The van der Waals surface area contributed by atoms with Gasteiger partial charge in [0.2, 0.25) is 0 Å². The number of rotatable bonds is 4. The number of benzene rings is 1. The van der Waals surface area contributed by atoms with Gasteiger partial charge in [0, 0.05) is 6.42 Å². The van der Waals surface area contributed by atoms with Gasteiger partial charge < -0.3 is 4.74 Å². The van der Waals surface area contributed by atoms with Gasteiger partial charge in [-0.25, -0.2) is 0 Å². The fraction of sp³-hybridized carbons (Fsp3) is 0.455. The summed E-state index contributed by atoms with van der Waals surface area (Å²) in [7, 11) is 1.55. The highest BCUT2D eigenvalue weighted by atomic mass is 19.4. The van der Waals surface area contributed by atoms with Gasteiger partial charge in [0.05, 0.1) is 7.11 Å². The standard InChI is InChI=1S/C11H13F3O/c1-15-10-6-4-9(5-7-10)3-2-8-11(12,13)14/h4-7H,2-3,8H2,1H3. The molecule has 0 aliphatic rings. The van der Waals surface area contributed by atoms with Crippen LogP contribution >= 0.6 is 0 Å². The van der Waals surface area contributed by atoms with Crippen molar-refractivity contribution < 1.29 is 17.9 Å². The third kappa shape index (κ3) is 4.72. The third-order valence-electron chi connectivity index (χ3n) is 2.08. The van der Waals surface area contributed by atoms with E-state index in [1.165, 1.54) is 0 Å². The summed E-state index contributed by atoms with van der Waals surface area (Å²) in [5, 5.41) is 0. The molecule has 4 heteroatoms. The molecular formula is C11H13F3O. The Labute approximate surface area is 86.9 Å². The van der Waals surface area contributed by atoms with Crippen LogP contribution in [0.4, 0.5) is 13.2 Å². The van der Waals surface area contributed by atoms with Crippen LogP contribution in [0.15, 0.2) is 24.3 Å². The zero-order valence-electron chi connectivity index (χ0n) is 8.47. The lowest BCUT2D eigenvalue weighted by Gasteiger charge is -2.06. The molecule has 1 aromatic carbocycles. The summed E-state index contributed by atoms with van der Waals surface area (Å²) in [5.74, 6) is 0.717. The Morgan fingerprint density at radius 1 is 1.13 bits per heavy atom. The molecule has 0 radical (unpaired) electrons. The van der Waals surface area contributed by atoms with E-state index in [0.29, 0.717) is 6.42 Å². The Balaban J connectivity index is 2.38. The van der Waals surface area contributed by atoms with Crippen LogP contribution in [0, 0.1) is 0 Å². The molecule has 84 valence electrons. The fourth-order valence-electron chi connectivity index (χ4n) is 1.29. The largest absolute Gasteiger partial charge is 0.497 e. The number of hydrogen-bond donors (Lipinski definition) is 0. The second-order valence-electron chi connectivity index (χ2n) is 3.32. The average Bonchev–Trinajstić information content (AvgIpc) is 2.17. The summed E-state index contributed by atoms with van der Waals surface area (Å²) < 4.78 is 40.5. The lowest BCUT2D eigenvalue weighted by molar-refractivity contribution is -0.135. The van der Waals surface area contributed by atoms with Crippen LogP contribution in [0.5, 0.6) is 5.75 Å². The fourth-order valence-corrected chi connectivity index (χ4v) is 1.29. The van der Waals surface area contributed by atoms with Gasteiger partial charge in [-0.15, -0.1) is 0 Å². The zero-order valence-corrected chi connectivity index (χ0v) is 8.47. The van der Waals surface area contributed by atoms with Crippen molar-refractivity contribution in [2.45, 2.75) is 25.4 Å². The van der Waals surface area contributed by atoms with Gasteiger partial charge in [-0.05, 0) is 30.5 Å². The molecule has 1 rings (SSSR count). The molecule has 0 amide bonds. The first kappa shape index (κ1) is 11.9. The number of methoxy groups -OCH3 is 1. The highest BCUT2D eigenvalue weighted by Crippen LogP contribution is 2.23. The highest BCUT2D eigenvalue weighted by Gasteiger charge is 2.25. The normalized spacial score (nSPS) is 11.5. The van der Waals surface area contributed by atoms with Crippen LogP contribution in [-0.2, 0) is 6.42 Å². The summed E-state index contributed by atoms with van der Waals surface area (Å²) in [5.41, 5.74) is 0.903. The summed E-state index contributed by atoms with van der Waals surface area (Å²) in [6.07, 6.45) is -4.19. The van der Waals surface area contributed by atoms with E-state index >= 15 is 0 Å². The molecule has 1 aromatic rings. The minimum Gasteiger partial charge on any atom is -0.497 e. The van der Waals surface area contributed by atoms with E-state index in [9.17, 15) is 13.2 Å². The van der Waals surface area contributed by atoms with Crippen LogP contribution in [0.3, 0.4) is 0 Å². The van der Waals surface area contributed by atoms with E-state index in [4.69, 9.17) is 4.74 Å². The summed E-state index contributed by atoms with van der Waals surface area (Å²) in [6, 6.07) is 7.08. The predicted octanol–water partition coefficient (Wildman–Crippen LogP) is 3.58. The van der Waals surface area contributed by atoms with Gasteiger partial charge in [-0.3, -0.25) is 0 Å². The van der Waals surface area contributed by atoms with E-state index < -0.39 is 12.6 Å². The lowest BCUT2D eigenvalue weighted by Crippen LogP contribution is -2.07. The van der Waals surface area contributed by atoms with Gasteiger partial charge in [0.15, 0.2) is 0 Å². The summed E-state index contributed by atoms with van der Waals surface area (Å²) in [6.45, 7) is 0. The molecule has 1 nitrogen and oxygen atoms in total. The Kier molecular flexibility index (Phi) is 4.00. The number of hydrogen-bond acceptors (Lipinski definition) is 1. The molecule has 0 N–H and O–H groups in total. The lowest BCUT2D eigenvalue weighted by atomic mass is 10.1. The minimum atomic E-state index is -4.05. The SMILES string of the molecule is COc1ccc(CCCC(F)(F)F)cc1. The monoisotopic (exact) mass is 218 g/mol. The van der Waals surface area contributed by atoms with Gasteiger partial charge in [-0.1, -0.05) is 12.1 Å². The van der Waals surface area contributed by atoms with Crippen molar-refractivity contribution in [3.8, 4) is 5.75 Å². The van der Waals surface area contributed by atoms with Crippen molar-refractivity contribution >= 4 is 0 Å². The molecule has 0 heterocycles. The van der Waals surface area contributed by atoms with Crippen LogP contribution in [0.1, 0.15) is 18.4 Å². The van der Waals surface area contributed by atoms with E-state index in [-0.39, 0.29) is 6.42 Å².